The Hall–Kier alpha value is -1.66. The zero-order valence-electron chi connectivity index (χ0n) is 48.7. The van der Waals surface area contributed by atoms with Gasteiger partial charge in [0.15, 0.2) is 0 Å². The fourth-order valence-electron chi connectivity index (χ4n) is 10.3. The summed E-state index contributed by atoms with van der Waals surface area (Å²) in [5, 5.41) is 23.3. The molecule has 0 rings (SSSR count). The molecule has 0 aromatic carbocycles. The first-order valence-corrected chi connectivity index (χ1v) is 32.6. The molecule has 72 heavy (non-hydrogen) atoms. The molecular weight excluding hydrogens is 887 g/mol. The lowest BCUT2D eigenvalue weighted by Crippen LogP contribution is -2.45. The first-order chi connectivity index (χ1) is 35.5. The number of esters is 1. The summed E-state index contributed by atoms with van der Waals surface area (Å²) in [6.07, 6.45) is 76.3. The van der Waals surface area contributed by atoms with Crippen LogP contribution in [0.3, 0.4) is 0 Å². The fraction of sp³-hybridized carbons (Fsp3) is 0.909. The lowest BCUT2D eigenvalue weighted by molar-refractivity contribution is -0.143. The summed E-state index contributed by atoms with van der Waals surface area (Å²) in [6, 6.07) is -0.538. The monoisotopic (exact) mass is 1010 g/mol. The lowest BCUT2D eigenvalue weighted by Gasteiger charge is -2.22. The van der Waals surface area contributed by atoms with Crippen LogP contribution in [-0.2, 0) is 14.3 Å². The van der Waals surface area contributed by atoms with Crippen molar-refractivity contribution in [3.8, 4) is 0 Å². The van der Waals surface area contributed by atoms with Gasteiger partial charge in [0.25, 0.3) is 0 Å². The second-order valence-corrected chi connectivity index (χ2v) is 22.5. The van der Waals surface area contributed by atoms with Gasteiger partial charge in [-0.15, -0.1) is 0 Å². The number of unbranched alkanes of at least 4 members (excludes halogenated alkanes) is 46. The van der Waals surface area contributed by atoms with Crippen LogP contribution in [0.5, 0.6) is 0 Å². The Morgan fingerprint density at radius 3 is 1.08 bits per heavy atom. The minimum atomic E-state index is -0.661. The van der Waals surface area contributed by atoms with Gasteiger partial charge in [-0.2, -0.15) is 0 Å². The van der Waals surface area contributed by atoms with Crippen molar-refractivity contribution < 1.29 is 24.5 Å². The van der Waals surface area contributed by atoms with Crippen molar-refractivity contribution in [2.24, 2.45) is 0 Å². The molecule has 0 aliphatic carbocycles. The molecule has 3 N–H and O–H groups in total. The molecule has 1 amide bonds. The van der Waals surface area contributed by atoms with Crippen LogP contribution in [0.15, 0.2) is 24.3 Å². The highest BCUT2D eigenvalue weighted by Gasteiger charge is 2.20. The van der Waals surface area contributed by atoms with E-state index in [-0.39, 0.29) is 18.5 Å². The smallest absolute Gasteiger partial charge is 0.305 e. The predicted molar refractivity (Wildman–Crippen MR) is 315 cm³/mol. The maximum Gasteiger partial charge on any atom is 0.305 e. The predicted octanol–water partition coefficient (Wildman–Crippen LogP) is 20.6. The zero-order chi connectivity index (χ0) is 52.2. The number of aliphatic hydroxyl groups excluding tert-OH is 2. The number of carbonyl (C=O) groups is 2. The van der Waals surface area contributed by atoms with Gasteiger partial charge in [-0.25, -0.2) is 0 Å². The highest BCUT2D eigenvalue weighted by Crippen LogP contribution is 2.18. The van der Waals surface area contributed by atoms with Crippen LogP contribution in [-0.4, -0.2) is 47.4 Å². The van der Waals surface area contributed by atoms with E-state index >= 15 is 0 Å². The molecule has 2 atom stereocenters. The molecule has 0 heterocycles. The molecule has 0 bridgehead atoms. The van der Waals surface area contributed by atoms with Crippen molar-refractivity contribution in [3.05, 3.63) is 24.3 Å². The summed E-state index contributed by atoms with van der Waals surface area (Å²) in [7, 11) is 0. The van der Waals surface area contributed by atoms with Gasteiger partial charge < -0.3 is 20.3 Å². The first-order valence-electron chi connectivity index (χ1n) is 32.6. The summed E-state index contributed by atoms with van der Waals surface area (Å²) in [5.41, 5.74) is 0. The molecule has 0 aliphatic rings. The largest absolute Gasteiger partial charge is 0.466 e. The third-order valence-corrected chi connectivity index (χ3v) is 15.3. The Labute approximate surface area is 450 Å². The Bertz CT molecular complexity index is 1120. The molecule has 0 fully saturated rings. The van der Waals surface area contributed by atoms with Crippen LogP contribution in [0.1, 0.15) is 361 Å². The maximum absolute atomic E-state index is 12.5. The van der Waals surface area contributed by atoms with Crippen molar-refractivity contribution in [1.82, 2.24) is 5.32 Å². The molecule has 426 valence electrons. The standard InChI is InChI=1S/C66H127NO5/c1-3-5-7-9-11-13-15-17-31-36-40-44-48-52-56-60-66(71)72-61-57-53-49-45-41-37-33-30-28-26-24-22-20-18-19-21-23-25-27-29-32-35-39-43-47-51-55-59-65(70)67-63(62-68)64(69)58-54-50-46-42-38-34-16-14-12-10-8-6-4-2/h11,13,17,31,63-64,68-69H,3-10,12,14-16,18-30,32-62H2,1-2H3,(H,67,70)/b13-11-,31-17-/t63-,64+/m0/s1. The van der Waals surface area contributed by atoms with Gasteiger partial charge in [-0.3, -0.25) is 9.59 Å². The summed E-state index contributed by atoms with van der Waals surface area (Å²) < 4.78 is 5.48. The highest BCUT2D eigenvalue weighted by molar-refractivity contribution is 5.76. The first kappa shape index (κ1) is 70.3. The van der Waals surface area contributed by atoms with E-state index in [9.17, 15) is 19.8 Å². The van der Waals surface area contributed by atoms with Gasteiger partial charge in [0.2, 0.25) is 5.91 Å². The van der Waals surface area contributed by atoms with Crippen molar-refractivity contribution >= 4 is 11.9 Å². The molecule has 0 spiro atoms. The number of hydrogen-bond donors (Lipinski definition) is 3. The van der Waals surface area contributed by atoms with Gasteiger partial charge in [0, 0.05) is 12.8 Å². The van der Waals surface area contributed by atoms with Gasteiger partial charge in [-0.05, 0) is 57.8 Å². The van der Waals surface area contributed by atoms with Gasteiger partial charge in [0.1, 0.15) is 0 Å². The molecule has 0 radical (unpaired) electrons. The van der Waals surface area contributed by atoms with Crippen LogP contribution < -0.4 is 5.32 Å². The third-order valence-electron chi connectivity index (χ3n) is 15.3. The number of aliphatic hydroxyl groups is 2. The zero-order valence-corrected chi connectivity index (χ0v) is 48.7. The van der Waals surface area contributed by atoms with E-state index in [0.717, 1.165) is 51.4 Å². The maximum atomic E-state index is 12.5. The summed E-state index contributed by atoms with van der Waals surface area (Å²) in [4.78, 5) is 24.5. The van der Waals surface area contributed by atoms with Crippen LogP contribution in [0, 0.1) is 0 Å². The molecule has 0 unspecified atom stereocenters. The van der Waals surface area contributed by atoms with Crippen LogP contribution in [0.4, 0.5) is 0 Å². The molecular formula is C66H127NO5. The molecule has 0 saturated carbocycles. The molecule has 0 aromatic rings. The number of allylic oxidation sites excluding steroid dienone is 4. The third kappa shape index (κ3) is 57.6. The van der Waals surface area contributed by atoms with Crippen LogP contribution in [0.25, 0.3) is 0 Å². The molecule has 0 aliphatic heterocycles. The summed E-state index contributed by atoms with van der Waals surface area (Å²) in [5.74, 6) is -0.0264. The fourth-order valence-corrected chi connectivity index (χ4v) is 10.3. The van der Waals surface area contributed by atoms with Crippen molar-refractivity contribution in [2.45, 2.75) is 373 Å². The topological polar surface area (TPSA) is 95.9 Å². The van der Waals surface area contributed by atoms with Crippen molar-refractivity contribution in [2.75, 3.05) is 13.2 Å². The minimum Gasteiger partial charge on any atom is -0.466 e. The average molecular weight is 1010 g/mol. The van der Waals surface area contributed by atoms with E-state index in [1.54, 1.807) is 0 Å². The molecule has 6 nitrogen and oxygen atoms in total. The molecule has 6 heteroatoms. The van der Waals surface area contributed by atoms with E-state index in [4.69, 9.17) is 4.74 Å². The number of hydrogen-bond acceptors (Lipinski definition) is 5. The Morgan fingerprint density at radius 1 is 0.389 bits per heavy atom. The number of amides is 1. The number of rotatable bonds is 61. The highest BCUT2D eigenvalue weighted by atomic mass is 16.5. The van der Waals surface area contributed by atoms with Gasteiger partial charge >= 0.3 is 5.97 Å². The lowest BCUT2D eigenvalue weighted by atomic mass is 10.0. The minimum absolute atomic E-state index is 0.00441. The van der Waals surface area contributed by atoms with Crippen LogP contribution >= 0.6 is 0 Å². The van der Waals surface area contributed by atoms with Gasteiger partial charge in [0.05, 0.1) is 25.4 Å². The number of ether oxygens (including phenoxy) is 1. The van der Waals surface area contributed by atoms with E-state index in [1.165, 1.54) is 276 Å². The summed E-state index contributed by atoms with van der Waals surface area (Å²) in [6.45, 7) is 4.94. The Kier molecular flexibility index (Phi) is 60.5. The van der Waals surface area contributed by atoms with Crippen molar-refractivity contribution in [3.63, 3.8) is 0 Å². The number of carbonyl (C=O) groups excluding carboxylic acids is 2. The SMILES string of the molecule is CCCCC/C=C\C/C=C\CCCCCCCC(=O)OCCCCCCCCCCCCCCCCCCCCCCCCCCCCCC(=O)N[C@@H](CO)[C@H](O)CCCCCCCCCCCCCCC. The molecule has 0 aromatic heterocycles. The van der Waals surface area contributed by atoms with E-state index in [1.807, 2.05) is 0 Å². The second-order valence-electron chi connectivity index (χ2n) is 22.5. The Balaban J connectivity index is 3.34. The average Bonchev–Trinajstić information content (AvgIpc) is 3.38. The van der Waals surface area contributed by atoms with Crippen molar-refractivity contribution in [1.29, 1.82) is 0 Å². The van der Waals surface area contributed by atoms with E-state index < -0.39 is 12.1 Å². The second kappa shape index (κ2) is 61.9. The summed E-state index contributed by atoms with van der Waals surface area (Å²) >= 11 is 0. The van der Waals surface area contributed by atoms with E-state index in [0.29, 0.717) is 25.9 Å². The number of nitrogens with one attached hydrogen (secondary N) is 1. The Morgan fingerprint density at radius 2 is 0.694 bits per heavy atom. The quantitative estimate of drug-likeness (QED) is 0.0320. The normalized spacial score (nSPS) is 12.7. The van der Waals surface area contributed by atoms with Gasteiger partial charge in [-0.1, -0.05) is 314 Å². The van der Waals surface area contributed by atoms with Crippen LogP contribution in [0.2, 0.25) is 0 Å². The molecule has 0 saturated heterocycles. The van der Waals surface area contributed by atoms with E-state index in [2.05, 4.69) is 43.5 Å².